The van der Waals surface area contributed by atoms with Gasteiger partial charge in [0.1, 0.15) is 16.9 Å². The van der Waals surface area contributed by atoms with Crippen molar-refractivity contribution in [2.75, 3.05) is 4.90 Å². The zero-order valence-electron chi connectivity index (χ0n) is 18.0. The van der Waals surface area contributed by atoms with E-state index >= 15 is 0 Å². The molecule has 0 saturated heterocycles. The SMILES string of the molecule is Cc1nc(-c2ccccc2)sc1C(=O)C1=C(O)C(=O)N(c2ccc(F)cc2)C1c1ccccn1. The molecule has 2 aromatic heterocycles. The summed E-state index contributed by atoms with van der Waals surface area (Å²) >= 11 is 1.20. The van der Waals surface area contributed by atoms with Gasteiger partial charge in [-0.3, -0.25) is 19.5 Å². The zero-order valence-corrected chi connectivity index (χ0v) is 18.8. The minimum absolute atomic E-state index is 0.0839. The van der Waals surface area contributed by atoms with Gasteiger partial charge in [-0.25, -0.2) is 9.37 Å². The summed E-state index contributed by atoms with van der Waals surface area (Å²) in [5, 5.41) is 11.5. The summed E-state index contributed by atoms with van der Waals surface area (Å²) < 4.78 is 13.5. The van der Waals surface area contributed by atoms with Crippen LogP contribution in [0.25, 0.3) is 10.6 Å². The molecule has 0 bridgehead atoms. The van der Waals surface area contributed by atoms with Crippen LogP contribution in [0.4, 0.5) is 10.1 Å². The molecule has 1 N–H and O–H groups in total. The summed E-state index contributed by atoms with van der Waals surface area (Å²) in [5.41, 5.74) is 2.02. The van der Waals surface area contributed by atoms with E-state index in [-0.39, 0.29) is 5.57 Å². The van der Waals surface area contributed by atoms with Crippen molar-refractivity contribution < 1.29 is 19.1 Å². The summed E-state index contributed by atoms with van der Waals surface area (Å²) in [4.78, 5) is 37.4. The van der Waals surface area contributed by atoms with Crippen molar-refractivity contribution in [1.29, 1.82) is 0 Å². The van der Waals surface area contributed by atoms with Crippen molar-refractivity contribution in [3.05, 3.63) is 112 Å². The van der Waals surface area contributed by atoms with Gasteiger partial charge in [-0.15, -0.1) is 11.3 Å². The van der Waals surface area contributed by atoms with Crippen LogP contribution in [0.1, 0.15) is 27.1 Å². The number of hydrogen-bond acceptors (Lipinski definition) is 6. The fraction of sp³-hybridized carbons (Fsp3) is 0.0769. The molecule has 1 aliphatic rings. The smallest absolute Gasteiger partial charge is 0.294 e. The predicted octanol–water partition coefficient (Wildman–Crippen LogP) is 5.44. The van der Waals surface area contributed by atoms with Crippen LogP contribution in [0.3, 0.4) is 0 Å². The predicted molar refractivity (Wildman–Crippen MR) is 127 cm³/mol. The maximum atomic E-state index is 13.8. The number of ketones is 1. The number of amides is 1. The molecular weight excluding hydrogens is 453 g/mol. The highest BCUT2D eigenvalue weighted by Crippen LogP contribution is 2.42. The van der Waals surface area contributed by atoms with Crippen LogP contribution in [0.15, 0.2) is 90.3 Å². The molecule has 0 saturated carbocycles. The first-order valence-electron chi connectivity index (χ1n) is 10.5. The number of aliphatic hydroxyl groups is 1. The summed E-state index contributed by atoms with van der Waals surface area (Å²) in [6.07, 6.45) is 1.55. The third-order valence-corrected chi connectivity index (χ3v) is 6.75. The topological polar surface area (TPSA) is 83.4 Å². The highest BCUT2D eigenvalue weighted by atomic mass is 32.1. The van der Waals surface area contributed by atoms with Gasteiger partial charge in [0.15, 0.2) is 5.76 Å². The molecular formula is C26H18FN3O3S. The number of Topliss-reactive ketones (excluding diaryl/α,β-unsaturated/α-hetero) is 1. The molecule has 0 fully saturated rings. The molecule has 1 amide bonds. The number of aliphatic hydroxyl groups excluding tert-OH is 1. The van der Waals surface area contributed by atoms with E-state index < -0.39 is 29.3 Å². The first-order valence-corrected chi connectivity index (χ1v) is 11.3. The third kappa shape index (κ3) is 3.68. The second-order valence-corrected chi connectivity index (χ2v) is 8.70. The Balaban J connectivity index is 1.62. The van der Waals surface area contributed by atoms with E-state index in [9.17, 15) is 19.1 Å². The monoisotopic (exact) mass is 471 g/mol. The fourth-order valence-electron chi connectivity index (χ4n) is 3.96. The molecule has 34 heavy (non-hydrogen) atoms. The minimum Gasteiger partial charge on any atom is -0.503 e. The highest BCUT2D eigenvalue weighted by molar-refractivity contribution is 7.17. The number of thiazole rings is 1. The number of benzene rings is 2. The standard InChI is InChI=1S/C26H18FN3O3S/c1-15-24(34-25(29-15)16-7-3-2-4-8-16)22(31)20-21(19-9-5-6-14-28-19)30(26(33)23(20)32)18-12-10-17(27)11-13-18/h2-14,21,32H,1H3. The Bertz CT molecular complexity index is 1420. The van der Waals surface area contributed by atoms with Crippen molar-refractivity contribution in [3.63, 3.8) is 0 Å². The zero-order chi connectivity index (χ0) is 23.8. The maximum absolute atomic E-state index is 13.8. The molecule has 3 heterocycles. The van der Waals surface area contributed by atoms with E-state index in [1.54, 1.807) is 31.3 Å². The van der Waals surface area contributed by atoms with Gasteiger partial charge in [0, 0.05) is 17.4 Å². The molecule has 8 heteroatoms. The number of aromatic nitrogens is 2. The van der Waals surface area contributed by atoms with Crippen LogP contribution < -0.4 is 4.90 Å². The van der Waals surface area contributed by atoms with Gasteiger partial charge in [-0.05, 0) is 43.3 Å². The second-order valence-electron chi connectivity index (χ2n) is 7.70. The van der Waals surface area contributed by atoms with Crippen LogP contribution in [-0.2, 0) is 4.79 Å². The molecule has 0 radical (unpaired) electrons. The molecule has 1 aliphatic heterocycles. The summed E-state index contributed by atoms with van der Waals surface area (Å²) in [5.74, 6) is -2.37. The van der Waals surface area contributed by atoms with E-state index in [1.165, 1.54) is 40.5 Å². The van der Waals surface area contributed by atoms with Crippen LogP contribution in [0.5, 0.6) is 0 Å². The molecule has 6 nitrogen and oxygen atoms in total. The van der Waals surface area contributed by atoms with Gasteiger partial charge in [0.2, 0.25) is 5.78 Å². The van der Waals surface area contributed by atoms with Crippen molar-refractivity contribution in [3.8, 4) is 10.6 Å². The summed E-state index contributed by atoms with van der Waals surface area (Å²) in [7, 11) is 0. The first kappa shape index (κ1) is 21.7. The van der Waals surface area contributed by atoms with Gasteiger partial charge >= 0.3 is 0 Å². The molecule has 4 aromatic rings. The lowest BCUT2D eigenvalue weighted by Gasteiger charge is -2.26. The van der Waals surface area contributed by atoms with E-state index in [0.29, 0.717) is 27.0 Å². The molecule has 1 atom stereocenters. The maximum Gasteiger partial charge on any atom is 0.294 e. The average molecular weight is 472 g/mol. The number of anilines is 1. The normalized spacial score (nSPS) is 15.8. The van der Waals surface area contributed by atoms with Gasteiger partial charge in [0.25, 0.3) is 5.91 Å². The number of carbonyl (C=O) groups excluding carboxylic acids is 2. The average Bonchev–Trinajstić information content (AvgIpc) is 3.38. The van der Waals surface area contributed by atoms with Gasteiger partial charge in [-0.1, -0.05) is 36.4 Å². The van der Waals surface area contributed by atoms with Gasteiger partial charge in [-0.2, -0.15) is 0 Å². The largest absolute Gasteiger partial charge is 0.503 e. The van der Waals surface area contributed by atoms with Crippen molar-refractivity contribution in [2.45, 2.75) is 13.0 Å². The molecule has 168 valence electrons. The molecule has 2 aromatic carbocycles. The summed E-state index contributed by atoms with van der Waals surface area (Å²) in [6, 6.07) is 18.9. The Hall–Kier alpha value is -4.17. The Morgan fingerprint density at radius 1 is 1.03 bits per heavy atom. The Kier molecular flexibility index (Phi) is 5.51. The number of aryl methyl sites for hydroxylation is 1. The van der Waals surface area contributed by atoms with E-state index in [4.69, 9.17) is 0 Å². The van der Waals surface area contributed by atoms with Crippen molar-refractivity contribution in [2.24, 2.45) is 0 Å². The van der Waals surface area contributed by atoms with Crippen molar-refractivity contribution >= 4 is 28.7 Å². The fourth-order valence-corrected chi connectivity index (χ4v) is 4.98. The highest BCUT2D eigenvalue weighted by Gasteiger charge is 2.46. The first-order chi connectivity index (χ1) is 16.5. The lowest BCUT2D eigenvalue weighted by molar-refractivity contribution is -0.117. The molecule has 0 spiro atoms. The van der Waals surface area contributed by atoms with E-state index in [2.05, 4.69) is 9.97 Å². The number of rotatable bonds is 5. The Labute approximate surface area is 198 Å². The Morgan fingerprint density at radius 2 is 1.74 bits per heavy atom. The number of hydrogen-bond donors (Lipinski definition) is 1. The van der Waals surface area contributed by atoms with Gasteiger partial charge in [0.05, 0.1) is 21.8 Å². The van der Waals surface area contributed by atoms with E-state index in [0.717, 1.165) is 5.56 Å². The lowest BCUT2D eigenvalue weighted by atomic mass is 9.98. The molecule has 0 aliphatic carbocycles. The molecule has 5 rings (SSSR count). The number of pyridine rings is 1. The lowest BCUT2D eigenvalue weighted by Crippen LogP contribution is -2.31. The minimum atomic E-state index is -0.978. The van der Waals surface area contributed by atoms with Crippen LogP contribution in [0.2, 0.25) is 0 Å². The Morgan fingerprint density at radius 3 is 2.41 bits per heavy atom. The van der Waals surface area contributed by atoms with Crippen LogP contribution >= 0.6 is 11.3 Å². The third-order valence-electron chi connectivity index (χ3n) is 5.55. The van der Waals surface area contributed by atoms with E-state index in [1.807, 2.05) is 30.3 Å². The quantitative estimate of drug-likeness (QED) is 0.392. The van der Waals surface area contributed by atoms with Crippen molar-refractivity contribution in [1.82, 2.24) is 9.97 Å². The number of halogens is 1. The number of carbonyl (C=O) groups is 2. The summed E-state index contributed by atoms with van der Waals surface area (Å²) in [6.45, 7) is 1.72. The van der Waals surface area contributed by atoms with Crippen LogP contribution in [-0.4, -0.2) is 26.8 Å². The number of nitrogens with zero attached hydrogens (tertiary/aromatic N) is 3. The van der Waals surface area contributed by atoms with Crippen LogP contribution in [0, 0.1) is 12.7 Å². The molecule has 1 unspecified atom stereocenters. The van der Waals surface area contributed by atoms with Gasteiger partial charge < -0.3 is 5.11 Å². The second kappa shape index (κ2) is 8.64.